The van der Waals surface area contributed by atoms with Gasteiger partial charge in [0.05, 0.1) is 6.04 Å². The van der Waals surface area contributed by atoms with Crippen LogP contribution in [0.2, 0.25) is 0 Å². The summed E-state index contributed by atoms with van der Waals surface area (Å²) >= 11 is 0. The summed E-state index contributed by atoms with van der Waals surface area (Å²) in [5, 5.41) is 6.37. The standard InChI is InChI=1S/C18H36N4O2.HI/c1-13(2)15(21-17(23)24-18(4,5)6)12-20-16(19-7)22-10-8-14(3)9-11-22;/h13-15H,8-12H2,1-7H3,(H,19,20)(H,21,23);1H. The van der Waals surface area contributed by atoms with Gasteiger partial charge in [-0.05, 0) is 45.4 Å². The molecule has 1 saturated heterocycles. The molecule has 1 unspecified atom stereocenters. The van der Waals surface area contributed by atoms with E-state index in [4.69, 9.17) is 4.74 Å². The molecule has 1 rings (SSSR count). The van der Waals surface area contributed by atoms with Crippen LogP contribution in [0.3, 0.4) is 0 Å². The highest BCUT2D eigenvalue weighted by Gasteiger charge is 2.23. The fourth-order valence-electron chi connectivity index (χ4n) is 2.67. The second-order valence-electron chi connectivity index (χ2n) is 8.09. The van der Waals surface area contributed by atoms with Crippen LogP contribution >= 0.6 is 24.0 Å². The second kappa shape index (κ2) is 11.1. The predicted molar refractivity (Wildman–Crippen MR) is 115 cm³/mol. The molecule has 1 heterocycles. The number of piperidine rings is 1. The lowest BCUT2D eigenvalue weighted by Crippen LogP contribution is -2.52. The monoisotopic (exact) mass is 468 g/mol. The predicted octanol–water partition coefficient (Wildman–Crippen LogP) is 3.46. The van der Waals surface area contributed by atoms with Gasteiger partial charge in [0, 0.05) is 26.7 Å². The Hall–Kier alpha value is -0.730. The Morgan fingerprint density at radius 1 is 1.28 bits per heavy atom. The van der Waals surface area contributed by atoms with Crippen LogP contribution in [0.15, 0.2) is 4.99 Å². The van der Waals surface area contributed by atoms with Gasteiger partial charge in [-0.2, -0.15) is 0 Å². The molecule has 1 amide bonds. The molecule has 0 saturated carbocycles. The van der Waals surface area contributed by atoms with Crippen molar-refractivity contribution in [3.05, 3.63) is 0 Å². The van der Waals surface area contributed by atoms with Gasteiger partial charge in [0.25, 0.3) is 0 Å². The normalized spacial score (nSPS) is 17.8. The number of amides is 1. The molecular formula is C18H37IN4O2. The largest absolute Gasteiger partial charge is 0.444 e. The molecule has 0 aromatic heterocycles. The Bertz CT molecular complexity index is 427. The number of halogens is 1. The van der Waals surface area contributed by atoms with Gasteiger partial charge in [0.2, 0.25) is 0 Å². The molecule has 1 aliphatic rings. The first-order chi connectivity index (χ1) is 11.1. The molecule has 0 aliphatic carbocycles. The molecule has 0 radical (unpaired) electrons. The van der Waals surface area contributed by atoms with E-state index in [0.717, 1.165) is 25.0 Å². The van der Waals surface area contributed by atoms with Crippen LogP contribution in [0.1, 0.15) is 54.4 Å². The zero-order valence-corrected chi connectivity index (χ0v) is 19.2. The summed E-state index contributed by atoms with van der Waals surface area (Å²) in [6.07, 6.45) is 2.03. The van der Waals surface area contributed by atoms with Gasteiger partial charge in [-0.3, -0.25) is 4.99 Å². The first-order valence-corrected chi connectivity index (χ1v) is 9.07. The van der Waals surface area contributed by atoms with Crippen molar-refractivity contribution in [3.63, 3.8) is 0 Å². The van der Waals surface area contributed by atoms with E-state index in [1.165, 1.54) is 12.8 Å². The highest BCUT2D eigenvalue weighted by molar-refractivity contribution is 14.0. The maximum absolute atomic E-state index is 12.0. The Balaban J connectivity index is 0.00000576. The smallest absolute Gasteiger partial charge is 0.407 e. The number of hydrogen-bond acceptors (Lipinski definition) is 3. The number of hydrogen-bond donors (Lipinski definition) is 2. The topological polar surface area (TPSA) is 66.0 Å². The van der Waals surface area contributed by atoms with E-state index >= 15 is 0 Å². The van der Waals surface area contributed by atoms with Crippen molar-refractivity contribution in [2.24, 2.45) is 16.8 Å². The maximum atomic E-state index is 12.0. The number of guanidine groups is 1. The first-order valence-electron chi connectivity index (χ1n) is 9.07. The third-order valence-corrected chi connectivity index (χ3v) is 4.28. The number of aliphatic imine (C=N–C) groups is 1. The average molecular weight is 468 g/mol. The summed E-state index contributed by atoms with van der Waals surface area (Å²) in [6, 6.07) is -0.0136. The third kappa shape index (κ3) is 9.51. The van der Waals surface area contributed by atoms with Gasteiger partial charge in [0.1, 0.15) is 5.60 Å². The van der Waals surface area contributed by atoms with Gasteiger partial charge in [0.15, 0.2) is 5.96 Å². The van der Waals surface area contributed by atoms with E-state index in [2.05, 4.69) is 41.3 Å². The zero-order valence-electron chi connectivity index (χ0n) is 16.9. The second-order valence-corrected chi connectivity index (χ2v) is 8.09. The molecule has 1 aliphatic heterocycles. The van der Waals surface area contributed by atoms with Crippen molar-refractivity contribution >= 4 is 36.0 Å². The Morgan fingerprint density at radius 2 is 1.84 bits per heavy atom. The molecule has 6 nitrogen and oxygen atoms in total. The van der Waals surface area contributed by atoms with E-state index in [0.29, 0.717) is 12.5 Å². The van der Waals surface area contributed by atoms with Crippen molar-refractivity contribution in [2.75, 3.05) is 26.7 Å². The number of ether oxygens (including phenoxy) is 1. The van der Waals surface area contributed by atoms with Crippen LogP contribution < -0.4 is 10.6 Å². The molecule has 2 N–H and O–H groups in total. The van der Waals surface area contributed by atoms with E-state index < -0.39 is 5.60 Å². The number of likely N-dealkylation sites (tertiary alicyclic amines) is 1. The molecule has 0 aromatic carbocycles. The summed E-state index contributed by atoms with van der Waals surface area (Å²) in [4.78, 5) is 18.7. The summed E-state index contributed by atoms with van der Waals surface area (Å²) in [5.74, 6) is 2.00. The van der Waals surface area contributed by atoms with Crippen molar-refractivity contribution in [2.45, 2.75) is 66.0 Å². The molecule has 0 aromatic rings. The molecule has 148 valence electrons. The minimum atomic E-state index is -0.487. The van der Waals surface area contributed by atoms with Gasteiger partial charge < -0.3 is 20.3 Å². The fraction of sp³-hybridized carbons (Fsp3) is 0.889. The van der Waals surface area contributed by atoms with Crippen molar-refractivity contribution in [1.29, 1.82) is 0 Å². The molecule has 0 spiro atoms. The molecule has 1 atom stereocenters. The molecule has 7 heteroatoms. The van der Waals surface area contributed by atoms with Gasteiger partial charge in [-0.15, -0.1) is 24.0 Å². The van der Waals surface area contributed by atoms with Crippen LogP contribution in [0, 0.1) is 11.8 Å². The molecule has 1 fully saturated rings. The fourth-order valence-corrected chi connectivity index (χ4v) is 2.67. The van der Waals surface area contributed by atoms with Crippen molar-refractivity contribution in [1.82, 2.24) is 15.5 Å². The summed E-state index contributed by atoms with van der Waals surface area (Å²) in [6.45, 7) is 14.8. The quantitative estimate of drug-likeness (QED) is 0.377. The van der Waals surface area contributed by atoms with E-state index in [9.17, 15) is 4.79 Å². The van der Waals surface area contributed by atoms with Crippen LogP contribution in [-0.4, -0.2) is 55.3 Å². The number of rotatable bonds is 4. The van der Waals surface area contributed by atoms with Crippen LogP contribution in [0.25, 0.3) is 0 Å². The summed E-state index contributed by atoms with van der Waals surface area (Å²) in [7, 11) is 1.81. The van der Waals surface area contributed by atoms with E-state index in [-0.39, 0.29) is 36.1 Å². The maximum Gasteiger partial charge on any atom is 0.407 e. The van der Waals surface area contributed by atoms with E-state index in [1.807, 2.05) is 27.8 Å². The number of nitrogens with one attached hydrogen (secondary N) is 2. The van der Waals surface area contributed by atoms with E-state index in [1.54, 1.807) is 0 Å². The number of carbonyl (C=O) groups excluding carboxylic acids is 1. The van der Waals surface area contributed by atoms with Crippen LogP contribution in [0.4, 0.5) is 4.79 Å². The lowest BCUT2D eigenvalue weighted by molar-refractivity contribution is 0.0491. The van der Waals surface area contributed by atoms with Crippen LogP contribution in [-0.2, 0) is 4.74 Å². The Morgan fingerprint density at radius 3 is 2.28 bits per heavy atom. The van der Waals surface area contributed by atoms with Gasteiger partial charge in [-0.25, -0.2) is 4.79 Å². The Labute approximate surface area is 170 Å². The number of carbonyl (C=O) groups is 1. The minimum Gasteiger partial charge on any atom is -0.444 e. The first kappa shape index (κ1) is 24.3. The Kier molecular flexibility index (Phi) is 10.8. The third-order valence-electron chi connectivity index (χ3n) is 4.28. The molecule has 0 bridgehead atoms. The number of nitrogens with zero attached hydrogens (tertiary/aromatic N) is 2. The lowest BCUT2D eigenvalue weighted by atomic mass is 9.99. The summed E-state index contributed by atoms with van der Waals surface area (Å²) < 4.78 is 5.36. The minimum absolute atomic E-state index is 0. The number of alkyl carbamates (subject to hydrolysis) is 1. The highest BCUT2D eigenvalue weighted by atomic mass is 127. The average Bonchev–Trinajstić information content (AvgIpc) is 2.46. The molecule has 25 heavy (non-hydrogen) atoms. The SMILES string of the molecule is CN=C(NCC(NC(=O)OC(C)(C)C)C(C)C)N1CCC(C)CC1.I. The zero-order chi connectivity index (χ0) is 18.3. The van der Waals surface area contributed by atoms with Gasteiger partial charge >= 0.3 is 6.09 Å². The lowest BCUT2D eigenvalue weighted by Gasteiger charge is -2.34. The summed E-state index contributed by atoms with van der Waals surface area (Å²) in [5.41, 5.74) is -0.487. The van der Waals surface area contributed by atoms with Crippen LogP contribution in [0.5, 0.6) is 0 Å². The highest BCUT2D eigenvalue weighted by Crippen LogP contribution is 2.16. The van der Waals surface area contributed by atoms with Crippen molar-refractivity contribution in [3.8, 4) is 0 Å². The van der Waals surface area contributed by atoms with Crippen molar-refractivity contribution < 1.29 is 9.53 Å². The molecular weight excluding hydrogens is 431 g/mol. The van der Waals surface area contributed by atoms with Gasteiger partial charge in [-0.1, -0.05) is 20.8 Å².